The first-order chi connectivity index (χ1) is 19.5. The van der Waals surface area contributed by atoms with Crippen LogP contribution in [0.3, 0.4) is 0 Å². The lowest BCUT2D eigenvalue weighted by atomic mass is 10.0. The monoisotopic (exact) mass is 593 g/mol. The lowest BCUT2D eigenvalue weighted by molar-refractivity contribution is -0.117. The third-order valence-corrected chi connectivity index (χ3v) is 7.03. The number of alkyl halides is 2. The van der Waals surface area contributed by atoms with Crippen LogP contribution in [0.4, 0.5) is 39.4 Å². The summed E-state index contributed by atoms with van der Waals surface area (Å²) in [4.78, 5) is 25.3. The number of carbonyl (C=O) groups is 1. The molecule has 1 N–H and O–H groups in total. The van der Waals surface area contributed by atoms with Crippen LogP contribution in [0.1, 0.15) is 25.3 Å². The molecule has 0 saturated carbocycles. The molecule has 41 heavy (non-hydrogen) atoms. The Morgan fingerprint density at radius 2 is 1.73 bits per heavy atom. The van der Waals surface area contributed by atoms with E-state index >= 15 is 4.39 Å². The van der Waals surface area contributed by atoms with E-state index in [0.29, 0.717) is 12.1 Å². The summed E-state index contributed by atoms with van der Waals surface area (Å²) in [6, 6.07) is 6.89. The first kappa shape index (κ1) is 29.3. The first-order valence-electron chi connectivity index (χ1n) is 11.7. The summed E-state index contributed by atoms with van der Waals surface area (Å²) in [5.74, 6) is -5.46. The number of aromatic nitrogens is 3. The van der Waals surface area contributed by atoms with Crippen LogP contribution < -0.4 is 14.4 Å². The fraction of sp³-hybridized carbons (Fsp3) is 0.154. The van der Waals surface area contributed by atoms with Crippen molar-refractivity contribution in [3.05, 3.63) is 84.1 Å². The minimum Gasteiger partial charge on any atom is -0.495 e. The third-order valence-electron chi connectivity index (χ3n) is 5.72. The van der Waals surface area contributed by atoms with Crippen LogP contribution in [-0.2, 0) is 14.8 Å². The number of sulfonamides is 1. The number of pyridine rings is 1. The van der Waals surface area contributed by atoms with Crippen LogP contribution in [0.5, 0.6) is 5.75 Å². The SMILES string of the molecule is CCC(=O)N(c1ccc(S(=O)(=O)Nc2ncccn2)cn1)c1cc(F)c(-c2cc(F)c(F)c(C(F)F)c2)cc1OC. The predicted molar refractivity (Wildman–Crippen MR) is 138 cm³/mol. The van der Waals surface area contributed by atoms with Crippen molar-refractivity contribution in [2.75, 3.05) is 16.7 Å². The largest absolute Gasteiger partial charge is 0.495 e. The molecule has 2 heterocycles. The number of amides is 1. The molecular formula is C26H20F5N5O4S. The molecule has 0 aliphatic carbocycles. The van der Waals surface area contributed by atoms with Crippen LogP contribution in [0.15, 0.2) is 66.0 Å². The maximum Gasteiger partial charge on any atom is 0.266 e. The lowest BCUT2D eigenvalue weighted by Gasteiger charge is -2.24. The fourth-order valence-electron chi connectivity index (χ4n) is 3.77. The highest BCUT2D eigenvalue weighted by Gasteiger charge is 2.26. The molecule has 2 aromatic heterocycles. The van der Waals surface area contributed by atoms with Crippen molar-refractivity contribution in [1.82, 2.24) is 15.0 Å². The summed E-state index contributed by atoms with van der Waals surface area (Å²) in [5.41, 5.74) is -2.22. The second kappa shape index (κ2) is 11.8. The summed E-state index contributed by atoms with van der Waals surface area (Å²) in [6.45, 7) is 1.52. The number of nitrogens with one attached hydrogen (secondary N) is 1. The second-order valence-electron chi connectivity index (χ2n) is 8.28. The van der Waals surface area contributed by atoms with Crippen molar-refractivity contribution in [1.29, 1.82) is 0 Å². The Bertz CT molecular complexity index is 1690. The fourth-order valence-corrected chi connectivity index (χ4v) is 4.67. The van der Waals surface area contributed by atoms with Gasteiger partial charge in [0, 0.05) is 36.6 Å². The maximum atomic E-state index is 15.4. The Morgan fingerprint density at radius 1 is 1.02 bits per heavy atom. The van der Waals surface area contributed by atoms with E-state index in [9.17, 15) is 30.8 Å². The van der Waals surface area contributed by atoms with E-state index in [1.54, 1.807) is 0 Å². The van der Waals surface area contributed by atoms with E-state index in [1.165, 1.54) is 38.6 Å². The summed E-state index contributed by atoms with van der Waals surface area (Å²) in [6.07, 6.45) is 0.174. The molecule has 0 fully saturated rings. The van der Waals surface area contributed by atoms with Gasteiger partial charge in [0.2, 0.25) is 11.9 Å². The minimum atomic E-state index is -4.15. The van der Waals surface area contributed by atoms with E-state index in [-0.39, 0.29) is 34.5 Å². The molecule has 2 aromatic carbocycles. The molecule has 0 radical (unpaired) electrons. The molecule has 214 valence electrons. The zero-order valence-electron chi connectivity index (χ0n) is 21.3. The molecule has 0 aliphatic rings. The average Bonchev–Trinajstić information content (AvgIpc) is 2.95. The Labute approximate surface area is 230 Å². The molecule has 0 aliphatic heterocycles. The van der Waals surface area contributed by atoms with Gasteiger partial charge in [-0.05, 0) is 42.0 Å². The molecule has 4 aromatic rings. The number of benzene rings is 2. The molecule has 0 atom stereocenters. The summed E-state index contributed by atoms with van der Waals surface area (Å²) >= 11 is 0. The zero-order valence-corrected chi connectivity index (χ0v) is 22.1. The molecule has 4 rings (SSSR count). The molecule has 9 nitrogen and oxygen atoms in total. The number of hydrogen-bond acceptors (Lipinski definition) is 7. The number of nitrogens with zero attached hydrogens (tertiary/aromatic N) is 4. The maximum absolute atomic E-state index is 15.4. The van der Waals surface area contributed by atoms with Crippen molar-refractivity contribution >= 4 is 33.4 Å². The van der Waals surface area contributed by atoms with Crippen LogP contribution in [0.2, 0.25) is 0 Å². The quantitative estimate of drug-likeness (QED) is 0.245. The van der Waals surface area contributed by atoms with Gasteiger partial charge in [-0.2, -0.15) is 0 Å². The third kappa shape index (κ3) is 6.09. The summed E-state index contributed by atoms with van der Waals surface area (Å²) in [7, 11) is -2.97. The molecule has 0 spiro atoms. The van der Waals surface area contributed by atoms with Crippen LogP contribution in [0, 0.1) is 17.5 Å². The van der Waals surface area contributed by atoms with Gasteiger partial charge in [0.05, 0.1) is 18.4 Å². The van der Waals surface area contributed by atoms with Gasteiger partial charge >= 0.3 is 0 Å². The predicted octanol–water partition coefficient (Wildman–Crippen LogP) is 5.78. The van der Waals surface area contributed by atoms with E-state index in [4.69, 9.17) is 4.74 Å². The molecule has 1 amide bonds. The summed E-state index contributed by atoms with van der Waals surface area (Å²) < 4.78 is 103. The van der Waals surface area contributed by atoms with Gasteiger partial charge in [-0.25, -0.2) is 50.0 Å². The van der Waals surface area contributed by atoms with E-state index in [1.807, 2.05) is 0 Å². The van der Waals surface area contributed by atoms with Gasteiger partial charge in [-0.1, -0.05) is 6.92 Å². The number of hydrogen-bond donors (Lipinski definition) is 1. The number of carbonyl (C=O) groups excluding carboxylic acids is 1. The standard InChI is InChI=1S/C26H20F5N5O4S/c1-3-23(37)36(22-6-5-15(13-34-22)41(38,39)35-26-32-7-4-8-33-26)20-12-18(27)16(11-21(20)40-2)14-9-17(25(30)31)24(29)19(28)10-14/h4-13,25H,3H2,1-2H3,(H,32,33,35). The van der Waals surface area contributed by atoms with E-state index in [0.717, 1.165) is 29.3 Å². The Balaban J connectivity index is 1.76. The number of anilines is 3. The first-order valence-corrected chi connectivity index (χ1v) is 13.2. The Hall–Kier alpha value is -4.66. The molecule has 0 saturated heterocycles. The van der Waals surface area contributed by atoms with Gasteiger partial charge in [-0.15, -0.1) is 0 Å². The molecule has 0 bridgehead atoms. The van der Waals surface area contributed by atoms with Crippen LogP contribution in [0.25, 0.3) is 11.1 Å². The number of ether oxygens (including phenoxy) is 1. The van der Waals surface area contributed by atoms with Crippen LogP contribution >= 0.6 is 0 Å². The van der Waals surface area contributed by atoms with Crippen molar-refractivity contribution in [3.8, 4) is 16.9 Å². The van der Waals surface area contributed by atoms with Gasteiger partial charge in [0.15, 0.2) is 11.6 Å². The van der Waals surface area contributed by atoms with Crippen molar-refractivity contribution in [2.24, 2.45) is 0 Å². The zero-order chi connectivity index (χ0) is 29.9. The van der Waals surface area contributed by atoms with Crippen molar-refractivity contribution in [2.45, 2.75) is 24.7 Å². The van der Waals surface area contributed by atoms with Gasteiger partial charge in [-0.3, -0.25) is 9.69 Å². The molecule has 15 heteroatoms. The topological polar surface area (TPSA) is 114 Å². The van der Waals surface area contributed by atoms with Gasteiger partial charge < -0.3 is 4.74 Å². The smallest absolute Gasteiger partial charge is 0.266 e. The Kier molecular flexibility index (Phi) is 8.47. The van der Waals surface area contributed by atoms with Crippen LogP contribution in [-0.4, -0.2) is 36.4 Å². The lowest BCUT2D eigenvalue weighted by Crippen LogP contribution is -2.26. The van der Waals surface area contributed by atoms with Crippen molar-refractivity contribution in [3.63, 3.8) is 0 Å². The van der Waals surface area contributed by atoms with E-state index < -0.39 is 56.5 Å². The number of halogens is 5. The van der Waals surface area contributed by atoms with E-state index in [2.05, 4.69) is 19.7 Å². The highest BCUT2D eigenvalue weighted by atomic mass is 32.2. The van der Waals surface area contributed by atoms with Gasteiger partial charge in [0.1, 0.15) is 22.3 Å². The van der Waals surface area contributed by atoms with Gasteiger partial charge in [0.25, 0.3) is 16.4 Å². The molecular weight excluding hydrogens is 573 g/mol. The minimum absolute atomic E-state index is 0.0952. The Morgan fingerprint density at radius 3 is 2.32 bits per heavy atom. The summed E-state index contributed by atoms with van der Waals surface area (Å²) in [5, 5.41) is 0. The van der Waals surface area contributed by atoms with Crippen molar-refractivity contribution < 1.29 is 39.9 Å². The highest BCUT2D eigenvalue weighted by molar-refractivity contribution is 7.92. The molecule has 0 unspecified atom stereocenters. The average molecular weight is 594 g/mol. The second-order valence-corrected chi connectivity index (χ2v) is 9.96. The number of methoxy groups -OCH3 is 1. The normalized spacial score (nSPS) is 11.4. The highest BCUT2D eigenvalue weighted by Crippen LogP contribution is 2.40. The number of rotatable bonds is 9.